The van der Waals surface area contributed by atoms with Crippen molar-refractivity contribution in [3.63, 3.8) is 0 Å². The standard InChI is InChI=1S/C15H22N2O2/c1-11-9-12(6-7-14(11)17(2)3)15(18)16-10-13-5-4-8-19-13/h6-7,9,13H,4-5,8,10H2,1-3H3,(H,16,18). The van der Waals surface area contributed by atoms with Crippen LogP contribution in [0.5, 0.6) is 0 Å². The molecule has 0 radical (unpaired) electrons. The van der Waals surface area contributed by atoms with Crippen molar-refractivity contribution in [3.05, 3.63) is 29.3 Å². The molecule has 0 saturated carbocycles. The summed E-state index contributed by atoms with van der Waals surface area (Å²) >= 11 is 0. The van der Waals surface area contributed by atoms with Crippen LogP contribution >= 0.6 is 0 Å². The van der Waals surface area contributed by atoms with Crippen molar-refractivity contribution in [2.24, 2.45) is 0 Å². The largest absolute Gasteiger partial charge is 0.377 e. The smallest absolute Gasteiger partial charge is 0.251 e. The van der Waals surface area contributed by atoms with E-state index in [0.717, 1.165) is 30.7 Å². The van der Waals surface area contributed by atoms with E-state index in [1.165, 1.54) is 0 Å². The number of carbonyl (C=O) groups excluding carboxylic acids is 1. The predicted octanol–water partition coefficient (Wildman–Crippen LogP) is 1.97. The van der Waals surface area contributed by atoms with Crippen LogP contribution in [0.3, 0.4) is 0 Å². The van der Waals surface area contributed by atoms with Crippen molar-refractivity contribution in [1.82, 2.24) is 5.32 Å². The van der Waals surface area contributed by atoms with Crippen molar-refractivity contribution < 1.29 is 9.53 Å². The van der Waals surface area contributed by atoms with Crippen LogP contribution in [-0.2, 0) is 4.74 Å². The first-order chi connectivity index (χ1) is 9.08. The van der Waals surface area contributed by atoms with Crippen LogP contribution in [-0.4, -0.2) is 39.3 Å². The molecule has 4 nitrogen and oxygen atoms in total. The number of rotatable bonds is 4. The number of hydrogen-bond donors (Lipinski definition) is 1. The van der Waals surface area contributed by atoms with Gasteiger partial charge in [0.05, 0.1) is 6.10 Å². The highest BCUT2D eigenvalue weighted by atomic mass is 16.5. The lowest BCUT2D eigenvalue weighted by Crippen LogP contribution is -2.31. The van der Waals surface area contributed by atoms with Gasteiger partial charge in [0.1, 0.15) is 0 Å². The van der Waals surface area contributed by atoms with Gasteiger partial charge < -0.3 is 15.0 Å². The molecule has 4 heteroatoms. The molecule has 1 amide bonds. The van der Waals surface area contributed by atoms with Crippen LogP contribution in [0, 0.1) is 6.92 Å². The summed E-state index contributed by atoms with van der Waals surface area (Å²) in [5, 5.41) is 2.94. The number of carbonyl (C=O) groups is 1. The Kier molecular flexibility index (Phi) is 4.43. The number of ether oxygens (including phenoxy) is 1. The van der Waals surface area contributed by atoms with E-state index in [4.69, 9.17) is 4.74 Å². The van der Waals surface area contributed by atoms with Gasteiger partial charge >= 0.3 is 0 Å². The quantitative estimate of drug-likeness (QED) is 0.902. The molecule has 1 fully saturated rings. The van der Waals surface area contributed by atoms with E-state index in [9.17, 15) is 4.79 Å². The molecule has 1 aromatic carbocycles. The fourth-order valence-electron chi connectivity index (χ4n) is 2.41. The Morgan fingerprint density at radius 1 is 1.47 bits per heavy atom. The molecule has 0 spiro atoms. The Hall–Kier alpha value is -1.55. The molecule has 1 saturated heterocycles. The summed E-state index contributed by atoms with van der Waals surface area (Å²) in [6, 6.07) is 5.78. The number of anilines is 1. The summed E-state index contributed by atoms with van der Waals surface area (Å²) in [5.41, 5.74) is 2.95. The zero-order valence-corrected chi connectivity index (χ0v) is 11.9. The third-order valence-corrected chi connectivity index (χ3v) is 3.46. The normalized spacial score (nSPS) is 18.4. The van der Waals surface area contributed by atoms with Crippen LogP contribution in [0.4, 0.5) is 5.69 Å². The molecule has 1 atom stereocenters. The van der Waals surface area contributed by atoms with Crippen LogP contribution in [0.2, 0.25) is 0 Å². The van der Waals surface area contributed by atoms with Gasteiger partial charge in [-0.05, 0) is 43.5 Å². The van der Waals surface area contributed by atoms with Crippen LogP contribution in [0.25, 0.3) is 0 Å². The van der Waals surface area contributed by atoms with Gasteiger partial charge in [-0.15, -0.1) is 0 Å². The molecule has 19 heavy (non-hydrogen) atoms. The van der Waals surface area contributed by atoms with Crippen LogP contribution in [0.1, 0.15) is 28.8 Å². The van der Waals surface area contributed by atoms with Gasteiger partial charge in [0.2, 0.25) is 0 Å². The monoisotopic (exact) mass is 262 g/mol. The average Bonchev–Trinajstić information content (AvgIpc) is 2.88. The second-order valence-electron chi connectivity index (χ2n) is 5.24. The fraction of sp³-hybridized carbons (Fsp3) is 0.533. The third-order valence-electron chi connectivity index (χ3n) is 3.46. The van der Waals surface area contributed by atoms with Gasteiger partial charge in [-0.2, -0.15) is 0 Å². The van der Waals surface area contributed by atoms with E-state index in [1.807, 2.05) is 44.1 Å². The number of benzene rings is 1. The fourth-order valence-corrected chi connectivity index (χ4v) is 2.41. The van der Waals surface area contributed by atoms with E-state index < -0.39 is 0 Å². The van der Waals surface area contributed by atoms with Crippen molar-refractivity contribution in [3.8, 4) is 0 Å². The highest BCUT2D eigenvalue weighted by Gasteiger charge is 2.16. The first-order valence-electron chi connectivity index (χ1n) is 6.75. The minimum atomic E-state index is -0.0242. The van der Waals surface area contributed by atoms with Crippen LogP contribution < -0.4 is 10.2 Å². The summed E-state index contributed by atoms with van der Waals surface area (Å²) in [4.78, 5) is 14.1. The molecule has 1 heterocycles. The number of amides is 1. The maximum absolute atomic E-state index is 12.1. The van der Waals surface area contributed by atoms with Crippen molar-refractivity contribution in [2.75, 3.05) is 32.1 Å². The lowest BCUT2D eigenvalue weighted by atomic mass is 10.1. The molecule has 0 bridgehead atoms. The van der Waals surface area contributed by atoms with Gasteiger partial charge in [-0.3, -0.25) is 4.79 Å². The average molecular weight is 262 g/mol. The van der Waals surface area contributed by atoms with Gasteiger partial charge in [0, 0.05) is 38.5 Å². The Labute approximate surface area is 114 Å². The minimum Gasteiger partial charge on any atom is -0.377 e. The van der Waals surface area contributed by atoms with Gasteiger partial charge in [0.25, 0.3) is 5.91 Å². The summed E-state index contributed by atoms with van der Waals surface area (Å²) in [6.45, 7) is 3.44. The molecule has 0 aromatic heterocycles. The molecule has 1 aliphatic heterocycles. The first-order valence-corrected chi connectivity index (χ1v) is 6.75. The summed E-state index contributed by atoms with van der Waals surface area (Å²) in [7, 11) is 4.00. The van der Waals surface area contributed by atoms with Crippen molar-refractivity contribution in [2.45, 2.75) is 25.9 Å². The summed E-state index contributed by atoms with van der Waals surface area (Å²) < 4.78 is 5.49. The van der Waals surface area contributed by atoms with E-state index in [1.54, 1.807) is 0 Å². The molecule has 1 aliphatic rings. The Morgan fingerprint density at radius 3 is 2.84 bits per heavy atom. The van der Waals surface area contributed by atoms with E-state index in [0.29, 0.717) is 12.1 Å². The van der Waals surface area contributed by atoms with Gasteiger partial charge in [-0.25, -0.2) is 0 Å². The van der Waals surface area contributed by atoms with Gasteiger partial charge in [0.15, 0.2) is 0 Å². The van der Waals surface area contributed by atoms with Crippen molar-refractivity contribution in [1.29, 1.82) is 0 Å². The number of nitrogens with one attached hydrogen (secondary N) is 1. The summed E-state index contributed by atoms with van der Waals surface area (Å²) in [6.07, 6.45) is 2.32. The van der Waals surface area contributed by atoms with E-state index in [-0.39, 0.29) is 12.0 Å². The lowest BCUT2D eigenvalue weighted by molar-refractivity contribution is 0.0857. The highest BCUT2D eigenvalue weighted by Crippen LogP contribution is 2.19. The second kappa shape index (κ2) is 6.06. The SMILES string of the molecule is Cc1cc(C(=O)NCC2CCCO2)ccc1N(C)C. The third kappa shape index (κ3) is 3.47. The molecule has 0 aliphatic carbocycles. The Bertz CT molecular complexity index is 451. The predicted molar refractivity (Wildman–Crippen MR) is 76.8 cm³/mol. The zero-order chi connectivity index (χ0) is 13.8. The number of aryl methyl sites for hydroxylation is 1. The number of hydrogen-bond acceptors (Lipinski definition) is 3. The van der Waals surface area contributed by atoms with Crippen molar-refractivity contribution >= 4 is 11.6 Å². The van der Waals surface area contributed by atoms with E-state index >= 15 is 0 Å². The van der Waals surface area contributed by atoms with Gasteiger partial charge in [-0.1, -0.05) is 0 Å². The molecular weight excluding hydrogens is 240 g/mol. The minimum absolute atomic E-state index is 0.0242. The second-order valence-corrected chi connectivity index (χ2v) is 5.24. The zero-order valence-electron chi connectivity index (χ0n) is 11.9. The molecule has 2 rings (SSSR count). The van der Waals surface area contributed by atoms with Crippen LogP contribution in [0.15, 0.2) is 18.2 Å². The molecule has 104 valence electrons. The molecular formula is C15H22N2O2. The lowest BCUT2D eigenvalue weighted by Gasteiger charge is -2.16. The Morgan fingerprint density at radius 2 is 2.26 bits per heavy atom. The number of nitrogens with zero attached hydrogens (tertiary/aromatic N) is 1. The van der Waals surface area contributed by atoms with E-state index in [2.05, 4.69) is 5.32 Å². The molecule has 1 unspecified atom stereocenters. The molecule has 1 aromatic rings. The summed E-state index contributed by atoms with van der Waals surface area (Å²) in [5.74, 6) is -0.0242. The first kappa shape index (κ1) is 13.9. The molecule has 1 N–H and O–H groups in total. The Balaban J connectivity index is 1.96. The topological polar surface area (TPSA) is 41.6 Å². The highest BCUT2D eigenvalue weighted by molar-refractivity contribution is 5.94. The maximum atomic E-state index is 12.1. The maximum Gasteiger partial charge on any atom is 0.251 e.